The van der Waals surface area contributed by atoms with Crippen molar-refractivity contribution in [1.82, 2.24) is 9.21 Å². The van der Waals surface area contributed by atoms with E-state index in [2.05, 4.69) is 4.90 Å². The van der Waals surface area contributed by atoms with Crippen molar-refractivity contribution in [2.75, 3.05) is 40.3 Å². The van der Waals surface area contributed by atoms with E-state index in [0.29, 0.717) is 25.6 Å². The van der Waals surface area contributed by atoms with Gasteiger partial charge >= 0.3 is 12.1 Å². The molecule has 0 unspecified atom stereocenters. The molecule has 1 aromatic carbocycles. The Morgan fingerprint density at radius 3 is 2.33 bits per heavy atom. The van der Waals surface area contributed by atoms with Crippen LogP contribution in [-0.2, 0) is 19.6 Å². The minimum atomic E-state index is -5.08. The van der Waals surface area contributed by atoms with Crippen LogP contribution in [0, 0.1) is 17.7 Å². The van der Waals surface area contributed by atoms with Crippen LogP contribution < -0.4 is 0 Å². The molecule has 2 fully saturated rings. The summed E-state index contributed by atoms with van der Waals surface area (Å²) in [4.78, 5) is 11.1. The van der Waals surface area contributed by atoms with Gasteiger partial charge in [0.25, 0.3) is 0 Å². The Morgan fingerprint density at radius 2 is 1.83 bits per heavy atom. The highest BCUT2D eigenvalue weighted by Crippen LogP contribution is 2.36. The van der Waals surface area contributed by atoms with E-state index in [9.17, 15) is 26.0 Å². The zero-order chi connectivity index (χ0) is 22.7. The summed E-state index contributed by atoms with van der Waals surface area (Å²) >= 11 is 0. The first-order valence-electron chi connectivity index (χ1n) is 9.14. The number of sulfonamides is 1. The number of piperidine rings is 1. The Labute approximate surface area is 172 Å². The van der Waals surface area contributed by atoms with Gasteiger partial charge in [0.15, 0.2) is 0 Å². The standard InChI is InChI=1S/C16H23FN2O3S.C2HF3O2/c1-18(2)10-16-15-9-19(8-7-12(15)11-22-16)23(20,21)14-5-3-13(17)4-6-14;3-2(4,5)1(6)7/h3-6,12,15-16H,7-11H2,1-2H3;(H,6,7)/t12-,15-,16+;/m0./s1. The fourth-order valence-corrected chi connectivity index (χ4v) is 5.01. The number of carboxylic acids is 1. The molecule has 2 aliphatic heterocycles. The van der Waals surface area contributed by atoms with Gasteiger partial charge in [0.05, 0.1) is 17.6 Å². The molecule has 2 saturated heterocycles. The summed E-state index contributed by atoms with van der Waals surface area (Å²) in [7, 11) is 0.413. The van der Waals surface area contributed by atoms with E-state index in [-0.39, 0.29) is 16.9 Å². The second-order valence-electron chi connectivity index (χ2n) is 7.47. The van der Waals surface area contributed by atoms with Crippen molar-refractivity contribution in [1.29, 1.82) is 0 Å². The fraction of sp³-hybridized carbons (Fsp3) is 0.611. The number of halogens is 4. The van der Waals surface area contributed by atoms with Crippen molar-refractivity contribution in [3.05, 3.63) is 30.1 Å². The number of likely N-dealkylation sites (N-methyl/N-ethyl adjacent to an activating group) is 1. The maximum atomic E-state index is 13.0. The molecular formula is C18H24F4N2O5S. The normalized spacial score (nSPS) is 24.8. The molecule has 0 aromatic heterocycles. The summed E-state index contributed by atoms with van der Waals surface area (Å²) in [6.07, 6.45) is -4.20. The lowest BCUT2D eigenvalue weighted by atomic mass is 9.85. The number of hydrogen-bond donors (Lipinski definition) is 1. The number of carboxylic acid groups (broad SMARTS) is 1. The van der Waals surface area contributed by atoms with Gasteiger partial charge in [-0.1, -0.05) is 0 Å². The van der Waals surface area contributed by atoms with Gasteiger partial charge in [0.1, 0.15) is 5.82 Å². The molecule has 1 aromatic rings. The van der Waals surface area contributed by atoms with Crippen molar-refractivity contribution in [3.63, 3.8) is 0 Å². The topological polar surface area (TPSA) is 87.2 Å². The van der Waals surface area contributed by atoms with E-state index in [1.54, 1.807) is 0 Å². The van der Waals surface area contributed by atoms with Gasteiger partial charge in [-0.15, -0.1) is 0 Å². The van der Waals surface area contributed by atoms with Gasteiger partial charge in [0.2, 0.25) is 10.0 Å². The van der Waals surface area contributed by atoms with Crippen LogP contribution in [0.15, 0.2) is 29.2 Å². The molecule has 3 rings (SSSR count). The van der Waals surface area contributed by atoms with E-state index in [0.717, 1.165) is 13.0 Å². The molecule has 0 spiro atoms. The highest BCUT2D eigenvalue weighted by molar-refractivity contribution is 7.89. The van der Waals surface area contributed by atoms with Crippen molar-refractivity contribution in [2.24, 2.45) is 11.8 Å². The van der Waals surface area contributed by atoms with Crippen molar-refractivity contribution in [2.45, 2.75) is 23.6 Å². The minimum absolute atomic E-state index is 0.0706. The molecular weight excluding hydrogens is 432 g/mol. The van der Waals surface area contributed by atoms with E-state index in [1.807, 2.05) is 14.1 Å². The number of fused-ring (bicyclic) bond motifs is 1. The van der Waals surface area contributed by atoms with Crippen molar-refractivity contribution >= 4 is 16.0 Å². The average Bonchev–Trinajstić information content (AvgIpc) is 3.03. The molecule has 170 valence electrons. The lowest BCUT2D eigenvalue weighted by molar-refractivity contribution is -0.192. The number of nitrogens with zero attached hydrogens (tertiary/aromatic N) is 2. The van der Waals surface area contributed by atoms with Crippen molar-refractivity contribution < 1.29 is 40.6 Å². The van der Waals surface area contributed by atoms with Crippen LogP contribution in [0.1, 0.15) is 6.42 Å². The molecule has 2 heterocycles. The minimum Gasteiger partial charge on any atom is -0.475 e. The maximum absolute atomic E-state index is 13.0. The number of alkyl halides is 3. The summed E-state index contributed by atoms with van der Waals surface area (Å²) in [5.41, 5.74) is 0. The van der Waals surface area contributed by atoms with E-state index >= 15 is 0 Å². The molecule has 0 saturated carbocycles. The molecule has 12 heteroatoms. The van der Waals surface area contributed by atoms with Gasteiger partial charge in [-0.25, -0.2) is 17.6 Å². The first kappa shape index (κ1) is 24.5. The average molecular weight is 456 g/mol. The van der Waals surface area contributed by atoms with Gasteiger partial charge in [0, 0.05) is 25.6 Å². The number of carbonyl (C=O) groups is 1. The first-order valence-corrected chi connectivity index (χ1v) is 10.6. The first-order chi connectivity index (χ1) is 13.8. The number of aliphatic carboxylic acids is 1. The maximum Gasteiger partial charge on any atom is 0.490 e. The number of benzene rings is 1. The Bertz CT molecular complexity index is 830. The highest BCUT2D eigenvalue weighted by Gasteiger charge is 2.44. The third-order valence-corrected chi connectivity index (χ3v) is 6.89. The summed E-state index contributed by atoms with van der Waals surface area (Å²) in [6.45, 7) is 2.49. The summed E-state index contributed by atoms with van der Waals surface area (Å²) in [5, 5.41) is 7.12. The molecule has 1 N–H and O–H groups in total. The molecule has 0 radical (unpaired) electrons. The van der Waals surface area contributed by atoms with Gasteiger partial charge in [-0.3, -0.25) is 0 Å². The highest BCUT2D eigenvalue weighted by atomic mass is 32.2. The molecule has 0 bridgehead atoms. The van der Waals surface area contributed by atoms with Crippen LogP contribution in [0.2, 0.25) is 0 Å². The zero-order valence-electron chi connectivity index (χ0n) is 16.5. The van der Waals surface area contributed by atoms with Crippen LogP contribution in [-0.4, -0.2) is 81.3 Å². The molecule has 2 aliphatic rings. The molecule has 0 aliphatic carbocycles. The van der Waals surface area contributed by atoms with Crippen LogP contribution >= 0.6 is 0 Å². The fourth-order valence-electron chi connectivity index (χ4n) is 3.52. The SMILES string of the molecule is CN(C)C[C@H]1OC[C@@H]2CCN(S(=O)(=O)c3ccc(F)cc3)C[C@@H]21.O=C(O)C(F)(F)F. The van der Waals surface area contributed by atoms with Gasteiger partial charge in [-0.2, -0.15) is 17.5 Å². The van der Waals surface area contributed by atoms with E-state index in [1.165, 1.54) is 28.6 Å². The van der Waals surface area contributed by atoms with Crippen LogP contribution in [0.4, 0.5) is 17.6 Å². The second kappa shape index (κ2) is 9.58. The lowest BCUT2D eigenvalue weighted by Crippen LogP contribution is -2.46. The smallest absolute Gasteiger partial charge is 0.475 e. The lowest BCUT2D eigenvalue weighted by Gasteiger charge is -2.35. The molecule has 0 amide bonds. The van der Waals surface area contributed by atoms with Gasteiger partial charge in [-0.05, 0) is 50.7 Å². The zero-order valence-corrected chi connectivity index (χ0v) is 17.3. The summed E-state index contributed by atoms with van der Waals surface area (Å²) < 4.78 is 77.7. The monoisotopic (exact) mass is 456 g/mol. The number of rotatable bonds is 4. The van der Waals surface area contributed by atoms with Crippen LogP contribution in [0.5, 0.6) is 0 Å². The third-order valence-electron chi connectivity index (χ3n) is 5.01. The third kappa shape index (κ3) is 6.13. The Hall–Kier alpha value is -1.76. The predicted octanol–water partition coefficient (Wildman–Crippen LogP) is 2.05. The Balaban J connectivity index is 0.000000396. The quantitative estimate of drug-likeness (QED) is 0.698. The second-order valence-corrected chi connectivity index (χ2v) is 9.40. The largest absolute Gasteiger partial charge is 0.490 e. The Kier molecular flexibility index (Phi) is 7.83. The molecule has 3 atom stereocenters. The van der Waals surface area contributed by atoms with Crippen molar-refractivity contribution in [3.8, 4) is 0 Å². The van der Waals surface area contributed by atoms with E-state index < -0.39 is 28.0 Å². The predicted molar refractivity (Wildman–Crippen MR) is 98.7 cm³/mol. The van der Waals surface area contributed by atoms with Crippen LogP contribution in [0.25, 0.3) is 0 Å². The van der Waals surface area contributed by atoms with Crippen LogP contribution in [0.3, 0.4) is 0 Å². The number of ether oxygens (including phenoxy) is 1. The van der Waals surface area contributed by atoms with E-state index in [4.69, 9.17) is 14.6 Å². The number of hydrogen-bond acceptors (Lipinski definition) is 5. The molecule has 7 nitrogen and oxygen atoms in total. The van der Waals surface area contributed by atoms with Gasteiger partial charge < -0.3 is 14.7 Å². The Morgan fingerprint density at radius 1 is 1.27 bits per heavy atom. The summed E-state index contributed by atoms with van der Waals surface area (Å²) in [5.74, 6) is -2.54. The molecule has 30 heavy (non-hydrogen) atoms. The summed E-state index contributed by atoms with van der Waals surface area (Å²) in [6, 6.07) is 5.04.